The van der Waals surface area contributed by atoms with Crippen molar-refractivity contribution in [3.63, 3.8) is 0 Å². The smallest absolute Gasteiger partial charge is 0.258 e. The Hall–Kier alpha value is -2.58. The minimum absolute atomic E-state index is 0.318. The van der Waals surface area contributed by atoms with Crippen molar-refractivity contribution in [1.29, 1.82) is 0 Å². The van der Waals surface area contributed by atoms with Gasteiger partial charge in [0.15, 0.2) is 5.17 Å². The van der Waals surface area contributed by atoms with E-state index < -0.39 is 55.9 Å². The van der Waals surface area contributed by atoms with Crippen LogP contribution in [0.15, 0.2) is 17.1 Å². The van der Waals surface area contributed by atoms with Crippen molar-refractivity contribution in [1.82, 2.24) is 0 Å². The summed E-state index contributed by atoms with van der Waals surface area (Å²) in [6, 6.07) is -0.635. The molecule has 7 nitrogen and oxygen atoms in total. The molecule has 0 amide bonds. The van der Waals surface area contributed by atoms with Crippen LogP contribution >= 0.6 is 11.6 Å². The predicted molar refractivity (Wildman–Crippen MR) is 68.7 cm³/mol. The summed E-state index contributed by atoms with van der Waals surface area (Å²) in [6.07, 6.45) is -11.6. The molecule has 1 aromatic rings. The number of benzene rings is 1. The second-order valence-electron chi connectivity index (χ2n) is 4.35. The molecule has 0 heterocycles. The number of rotatable bonds is 4. The van der Waals surface area contributed by atoms with Gasteiger partial charge < -0.3 is 0 Å². The molecule has 0 aromatic heterocycles. The summed E-state index contributed by atoms with van der Waals surface area (Å²) in [6.45, 7) is 0. The highest BCUT2D eigenvalue weighted by atomic mass is 35.5. The molecule has 16 heteroatoms. The van der Waals surface area contributed by atoms with Crippen molar-refractivity contribution in [2.24, 2.45) is 4.99 Å². The maximum atomic E-state index is 13.0. The largest absolute Gasteiger partial charge is 0.460 e. The van der Waals surface area contributed by atoms with Gasteiger partial charge in [0.1, 0.15) is 0 Å². The molecule has 0 aliphatic carbocycles. The van der Waals surface area contributed by atoms with E-state index in [2.05, 4.69) is 16.6 Å². The summed E-state index contributed by atoms with van der Waals surface area (Å²) in [4.78, 5) is 20.6. The topological polar surface area (TPSA) is 98.6 Å². The van der Waals surface area contributed by atoms with Gasteiger partial charge in [0, 0.05) is 12.1 Å². The maximum absolute atomic E-state index is 13.0. The fraction of sp³-hybridized carbons (Fsp3) is 0.300. The molecule has 0 aliphatic heterocycles. The highest BCUT2D eigenvalue weighted by Gasteiger charge is 2.61. The minimum Gasteiger partial charge on any atom is -0.258 e. The molecule has 0 spiro atoms. The van der Waals surface area contributed by atoms with Gasteiger partial charge in [-0.05, 0) is 0 Å². The highest BCUT2D eigenvalue weighted by Crippen LogP contribution is 2.45. The van der Waals surface area contributed by atoms with Crippen LogP contribution < -0.4 is 0 Å². The Bertz CT molecular complexity index is 754. The summed E-state index contributed by atoms with van der Waals surface area (Å²) in [5, 5.41) is 18.9. The molecule has 1 rings (SSSR count). The summed E-state index contributed by atoms with van der Waals surface area (Å²) in [7, 11) is 0. The summed E-state index contributed by atoms with van der Waals surface area (Å²) < 4.78 is 101. The zero-order chi connectivity index (χ0) is 20.7. The highest BCUT2D eigenvalue weighted by molar-refractivity contribution is 6.67. The van der Waals surface area contributed by atoms with Crippen LogP contribution in [0.25, 0.3) is 0 Å². The van der Waals surface area contributed by atoms with Crippen LogP contribution in [0, 0.1) is 20.2 Å². The molecule has 0 saturated heterocycles. The minimum atomic E-state index is -6.32. The normalized spacial score (nSPS) is 13.7. The average molecular weight is 416 g/mol. The Morgan fingerprint density at radius 3 is 1.58 bits per heavy atom. The van der Waals surface area contributed by atoms with Gasteiger partial charge in [0.25, 0.3) is 0 Å². The van der Waals surface area contributed by atoms with Crippen LogP contribution in [-0.2, 0) is 6.18 Å². The first-order valence-corrected chi connectivity index (χ1v) is 6.11. The molecular weight excluding hydrogens is 414 g/mol. The molecule has 0 radical (unpaired) electrons. The Balaban J connectivity index is 3.83. The van der Waals surface area contributed by atoms with Crippen molar-refractivity contribution in [3.05, 3.63) is 37.9 Å². The second kappa shape index (κ2) is 6.62. The Morgan fingerprint density at radius 2 is 1.31 bits per heavy atom. The van der Waals surface area contributed by atoms with E-state index >= 15 is 0 Å². The predicted octanol–water partition coefficient (Wildman–Crippen LogP) is 4.99. The third-order valence-electron chi connectivity index (χ3n) is 2.62. The van der Waals surface area contributed by atoms with Gasteiger partial charge in [0.2, 0.25) is 5.69 Å². The first kappa shape index (κ1) is 21.5. The molecule has 0 bridgehead atoms. The Morgan fingerprint density at radius 1 is 0.923 bits per heavy atom. The van der Waals surface area contributed by atoms with Gasteiger partial charge in [-0.15, -0.1) is 0 Å². The Labute approximate surface area is 141 Å². The number of aliphatic imine (C=N–C) groups is 1. The lowest BCUT2D eigenvalue weighted by molar-refractivity contribution is -0.392. The standard InChI is InChI=1S/C10H2ClF8N3O4/c11-7(8(12,13)10(17,18)19)20-6-4(21(23)24)1-3(9(14,15)16)2-5(6)22(25)26/h1-2H. The Kier molecular flexibility index (Phi) is 5.46. The van der Waals surface area contributed by atoms with Gasteiger partial charge in [-0.1, -0.05) is 11.6 Å². The SMILES string of the molecule is O=[N+]([O-])c1cc(C(F)(F)F)cc([N+](=O)[O-])c1N=C(Cl)C(F)(F)C(F)(F)F. The molecule has 0 atom stereocenters. The third-order valence-corrected chi connectivity index (χ3v) is 2.94. The summed E-state index contributed by atoms with van der Waals surface area (Å²) in [5.74, 6) is -5.86. The lowest BCUT2D eigenvalue weighted by atomic mass is 10.1. The zero-order valence-corrected chi connectivity index (χ0v) is 12.3. The van der Waals surface area contributed by atoms with E-state index in [1.54, 1.807) is 0 Å². The number of nitro benzene ring substituents is 2. The molecule has 26 heavy (non-hydrogen) atoms. The first-order valence-electron chi connectivity index (χ1n) is 5.73. The van der Waals surface area contributed by atoms with Crippen LogP contribution in [0.2, 0.25) is 0 Å². The van der Waals surface area contributed by atoms with Gasteiger partial charge in [-0.2, -0.15) is 35.1 Å². The van der Waals surface area contributed by atoms with Crippen molar-refractivity contribution in [2.75, 3.05) is 0 Å². The molecule has 0 unspecified atom stereocenters. The van der Waals surface area contributed by atoms with Crippen LogP contribution in [0.5, 0.6) is 0 Å². The molecular formula is C10H2ClF8N3O4. The van der Waals surface area contributed by atoms with E-state index in [1.165, 1.54) is 0 Å². The van der Waals surface area contributed by atoms with Crippen LogP contribution in [0.4, 0.5) is 52.2 Å². The van der Waals surface area contributed by atoms with Crippen LogP contribution in [0.1, 0.15) is 5.56 Å². The van der Waals surface area contributed by atoms with E-state index in [-0.39, 0.29) is 12.1 Å². The van der Waals surface area contributed by atoms with Gasteiger partial charge in [-0.25, -0.2) is 4.99 Å². The van der Waals surface area contributed by atoms with Crippen molar-refractivity contribution >= 4 is 33.8 Å². The van der Waals surface area contributed by atoms with Crippen LogP contribution in [-0.4, -0.2) is 27.1 Å². The lowest BCUT2D eigenvalue weighted by Gasteiger charge is -2.17. The monoisotopic (exact) mass is 415 g/mol. The summed E-state index contributed by atoms with van der Waals surface area (Å²) in [5.41, 5.74) is -7.42. The van der Waals surface area contributed by atoms with E-state index in [4.69, 9.17) is 0 Å². The number of nitro groups is 2. The van der Waals surface area contributed by atoms with Gasteiger partial charge >= 0.3 is 29.6 Å². The molecule has 0 fully saturated rings. The quantitative estimate of drug-likeness (QED) is 0.299. The number of hydrogen-bond donors (Lipinski definition) is 0. The van der Waals surface area contributed by atoms with E-state index in [9.17, 15) is 55.4 Å². The summed E-state index contributed by atoms with van der Waals surface area (Å²) >= 11 is 4.69. The fourth-order valence-corrected chi connectivity index (χ4v) is 1.64. The molecule has 0 saturated carbocycles. The zero-order valence-electron chi connectivity index (χ0n) is 11.5. The number of hydrogen-bond acceptors (Lipinski definition) is 5. The first-order chi connectivity index (χ1) is 11.5. The van der Waals surface area contributed by atoms with Crippen molar-refractivity contribution in [2.45, 2.75) is 18.3 Å². The maximum Gasteiger partial charge on any atom is 0.460 e. The van der Waals surface area contributed by atoms with E-state index in [0.29, 0.717) is 0 Å². The van der Waals surface area contributed by atoms with Gasteiger partial charge in [0.05, 0.1) is 15.4 Å². The molecule has 1 aromatic carbocycles. The van der Waals surface area contributed by atoms with Crippen LogP contribution in [0.3, 0.4) is 0 Å². The number of alkyl halides is 8. The lowest BCUT2D eigenvalue weighted by Crippen LogP contribution is -2.41. The van der Waals surface area contributed by atoms with Crippen molar-refractivity contribution in [3.8, 4) is 0 Å². The van der Waals surface area contributed by atoms with Gasteiger partial charge in [-0.3, -0.25) is 20.2 Å². The molecule has 0 aliphatic rings. The average Bonchev–Trinajstić information content (AvgIpc) is 2.44. The number of nitrogens with zero attached hydrogens (tertiary/aromatic N) is 3. The van der Waals surface area contributed by atoms with E-state index in [1.807, 2.05) is 0 Å². The second-order valence-corrected chi connectivity index (χ2v) is 4.71. The third kappa shape index (κ3) is 4.14. The fourth-order valence-electron chi connectivity index (χ4n) is 1.45. The van der Waals surface area contributed by atoms with Crippen molar-refractivity contribution < 1.29 is 45.0 Å². The van der Waals surface area contributed by atoms with E-state index in [0.717, 1.165) is 0 Å². The molecule has 144 valence electrons. The number of halogens is 9. The molecule has 0 N–H and O–H groups in total.